The first kappa shape index (κ1) is 5.80. The summed E-state index contributed by atoms with van der Waals surface area (Å²) in [5, 5.41) is 0. The summed E-state index contributed by atoms with van der Waals surface area (Å²) >= 11 is 0. The van der Waals surface area contributed by atoms with Crippen LogP contribution in [-0.2, 0) is 0 Å². The van der Waals surface area contributed by atoms with Crippen LogP contribution in [0.15, 0.2) is 36.5 Å². The van der Waals surface area contributed by atoms with Crippen molar-refractivity contribution < 1.29 is 0 Å². The first-order chi connectivity index (χ1) is 5.95. The van der Waals surface area contributed by atoms with Gasteiger partial charge in [-0.2, -0.15) is 0 Å². The molecule has 12 heavy (non-hydrogen) atoms. The van der Waals surface area contributed by atoms with Gasteiger partial charge in [0.2, 0.25) is 0 Å². The molecule has 0 N–H and O–H groups in total. The fraction of sp³-hybridized carbons (Fsp3) is 0.500. The van der Waals surface area contributed by atoms with Crippen LogP contribution >= 0.6 is 0 Å². The van der Waals surface area contributed by atoms with Gasteiger partial charge >= 0.3 is 0 Å². The minimum absolute atomic E-state index is 0.909. The molecule has 0 heteroatoms. The van der Waals surface area contributed by atoms with Gasteiger partial charge in [-0.15, -0.1) is 0 Å². The van der Waals surface area contributed by atoms with Gasteiger partial charge in [0.25, 0.3) is 0 Å². The lowest BCUT2D eigenvalue weighted by Gasteiger charge is -2.57. The molecule has 4 rings (SSSR count). The Bertz CT molecular complexity index is 227. The molecule has 60 valence electrons. The van der Waals surface area contributed by atoms with Gasteiger partial charge in [0.1, 0.15) is 0 Å². The van der Waals surface area contributed by atoms with Crippen LogP contribution in [0.1, 0.15) is 0 Å². The van der Waals surface area contributed by atoms with E-state index in [1.807, 2.05) is 0 Å². The topological polar surface area (TPSA) is 0 Å². The van der Waals surface area contributed by atoms with Crippen LogP contribution in [0.25, 0.3) is 0 Å². The van der Waals surface area contributed by atoms with Gasteiger partial charge in [-0.25, -0.2) is 0 Å². The molecule has 0 saturated heterocycles. The molecule has 0 unspecified atom stereocenters. The molecule has 0 atom stereocenters. The molecule has 0 nitrogen and oxygen atoms in total. The number of fused-ring (bicyclic) bond motifs is 6. The molecular formula is C12H12. The Hall–Kier alpha value is -0.780. The Morgan fingerprint density at radius 1 is 0.333 bits per heavy atom. The van der Waals surface area contributed by atoms with E-state index in [9.17, 15) is 0 Å². The quantitative estimate of drug-likeness (QED) is 0.472. The summed E-state index contributed by atoms with van der Waals surface area (Å²) in [4.78, 5) is 0. The van der Waals surface area contributed by atoms with Gasteiger partial charge in [0.05, 0.1) is 0 Å². The van der Waals surface area contributed by atoms with E-state index in [1.54, 1.807) is 0 Å². The zero-order valence-electron chi connectivity index (χ0n) is 6.93. The van der Waals surface area contributed by atoms with Gasteiger partial charge < -0.3 is 0 Å². The summed E-state index contributed by atoms with van der Waals surface area (Å²) in [6, 6.07) is 0. The van der Waals surface area contributed by atoms with E-state index in [-0.39, 0.29) is 0 Å². The maximum atomic E-state index is 2.42. The lowest BCUT2D eigenvalue weighted by atomic mass is 9.47. The van der Waals surface area contributed by atoms with Crippen molar-refractivity contribution in [2.45, 2.75) is 0 Å². The second-order valence-corrected chi connectivity index (χ2v) is 4.62. The smallest absolute Gasteiger partial charge is 0.00957 e. The Morgan fingerprint density at radius 3 is 0.583 bits per heavy atom. The van der Waals surface area contributed by atoms with Gasteiger partial charge in [-0.05, 0) is 35.5 Å². The summed E-state index contributed by atoms with van der Waals surface area (Å²) in [5.41, 5.74) is 0. The predicted molar refractivity (Wildman–Crippen MR) is 48.4 cm³/mol. The van der Waals surface area contributed by atoms with E-state index >= 15 is 0 Å². The lowest BCUT2D eigenvalue weighted by Crippen LogP contribution is -2.51. The minimum atomic E-state index is 0.909. The molecule has 0 bridgehead atoms. The van der Waals surface area contributed by atoms with Crippen LogP contribution < -0.4 is 0 Å². The van der Waals surface area contributed by atoms with E-state index in [1.165, 1.54) is 0 Å². The second-order valence-electron chi connectivity index (χ2n) is 4.62. The molecule has 4 aliphatic rings. The highest BCUT2D eigenvalue weighted by atomic mass is 14.6. The molecule has 0 aromatic carbocycles. The summed E-state index contributed by atoms with van der Waals surface area (Å²) < 4.78 is 0. The van der Waals surface area contributed by atoms with Gasteiger partial charge in [0, 0.05) is 0 Å². The maximum Gasteiger partial charge on any atom is -0.00957 e. The van der Waals surface area contributed by atoms with Crippen molar-refractivity contribution in [3.63, 3.8) is 0 Å². The second kappa shape index (κ2) is 1.61. The van der Waals surface area contributed by atoms with Gasteiger partial charge in [-0.1, -0.05) is 36.5 Å². The van der Waals surface area contributed by atoms with Crippen molar-refractivity contribution in [2.75, 3.05) is 0 Å². The molecule has 0 amide bonds. The standard InChI is InChI=1S/C12H12/c1-2-8-7(1)9-3-4-11(9)12-6-5-10(8)12/h1-12H. The first-order valence-electron chi connectivity index (χ1n) is 5.00. The molecule has 0 aliphatic heterocycles. The Morgan fingerprint density at radius 2 is 0.500 bits per heavy atom. The van der Waals surface area contributed by atoms with E-state index < -0.39 is 0 Å². The Balaban J connectivity index is 1.84. The van der Waals surface area contributed by atoms with Crippen molar-refractivity contribution in [3.05, 3.63) is 36.5 Å². The van der Waals surface area contributed by atoms with Crippen molar-refractivity contribution in [1.29, 1.82) is 0 Å². The van der Waals surface area contributed by atoms with Crippen molar-refractivity contribution in [2.24, 2.45) is 35.5 Å². The summed E-state index contributed by atoms with van der Waals surface area (Å²) in [6.07, 6.45) is 14.5. The molecule has 0 radical (unpaired) electrons. The minimum Gasteiger partial charge on any atom is -0.0839 e. The van der Waals surface area contributed by atoms with Crippen LogP contribution in [0.4, 0.5) is 0 Å². The fourth-order valence-electron chi connectivity index (χ4n) is 3.41. The molecule has 0 aromatic rings. The summed E-state index contributed by atoms with van der Waals surface area (Å²) in [7, 11) is 0. The largest absolute Gasteiger partial charge is 0.0839 e. The fourth-order valence-corrected chi connectivity index (χ4v) is 3.41. The lowest BCUT2D eigenvalue weighted by molar-refractivity contribution is 0.0693. The van der Waals surface area contributed by atoms with Gasteiger partial charge in [0.15, 0.2) is 0 Å². The summed E-state index contributed by atoms with van der Waals surface area (Å²) in [5.74, 6) is 5.45. The molecule has 0 aromatic heterocycles. The van der Waals surface area contributed by atoms with Gasteiger partial charge in [-0.3, -0.25) is 0 Å². The Kier molecular flexibility index (Phi) is 0.778. The van der Waals surface area contributed by atoms with Crippen LogP contribution in [0, 0.1) is 35.5 Å². The van der Waals surface area contributed by atoms with Crippen molar-refractivity contribution >= 4 is 0 Å². The zero-order chi connectivity index (χ0) is 7.71. The maximum absolute atomic E-state index is 2.42. The molecule has 1 fully saturated rings. The van der Waals surface area contributed by atoms with Crippen molar-refractivity contribution in [1.82, 2.24) is 0 Å². The van der Waals surface area contributed by atoms with Crippen LogP contribution in [-0.4, -0.2) is 0 Å². The summed E-state index contributed by atoms with van der Waals surface area (Å²) in [6.45, 7) is 0. The molecular weight excluding hydrogens is 144 g/mol. The van der Waals surface area contributed by atoms with Crippen LogP contribution in [0.5, 0.6) is 0 Å². The normalized spacial score (nSPS) is 62.0. The third-order valence-corrected chi connectivity index (χ3v) is 4.33. The first-order valence-corrected chi connectivity index (χ1v) is 5.00. The number of allylic oxidation sites excluding steroid dienone is 6. The monoisotopic (exact) mass is 156 g/mol. The highest BCUT2D eigenvalue weighted by Gasteiger charge is 2.53. The zero-order valence-corrected chi connectivity index (χ0v) is 6.93. The Labute approximate surface area is 72.7 Å². The third kappa shape index (κ3) is 0.426. The van der Waals surface area contributed by atoms with E-state index in [0.717, 1.165) is 35.5 Å². The number of hydrogen-bond acceptors (Lipinski definition) is 0. The average molecular weight is 156 g/mol. The predicted octanol–water partition coefficient (Wildman–Crippen LogP) is 2.41. The van der Waals surface area contributed by atoms with E-state index in [4.69, 9.17) is 0 Å². The molecule has 1 saturated carbocycles. The highest BCUT2D eigenvalue weighted by Crippen LogP contribution is 2.59. The third-order valence-electron chi connectivity index (χ3n) is 4.33. The van der Waals surface area contributed by atoms with Crippen LogP contribution in [0.3, 0.4) is 0 Å². The molecule has 0 heterocycles. The number of rotatable bonds is 0. The van der Waals surface area contributed by atoms with Crippen molar-refractivity contribution in [3.8, 4) is 0 Å². The highest BCUT2D eigenvalue weighted by molar-refractivity contribution is 5.34. The SMILES string of the molecule is C1=CC2C1C1C=CC1C1C=CC21. The average Bonchev–Trinajstić information content (AvgIpc) is 1.96. The van der Waals surface area contributed by atoms with E-state index in [0.29, 0.717) is 0 Å². The number of hydrogen-bond donors (Lipinski definition) is 0. The van der Waals surface area contributed by atoms with E-state index in [2.05, 4.69) is 36.5 Å². The molecule has 0 spiro atoms. The molecule has 4 aliphatic carbocycles. The van der Waals surface area contributed by atoms with Crippen LogP contribution in [0.2, 0.25) is 0 Å².